The molecule has 1 heterocycles. The van der Waals surface area contributed by atoms with E-state index in [1.165, 1.54) is 0 Å². The van der Waals surface area contributed by atoms with Gasteiger partial charge in [0.15, 0.2) is 5.78 Å². The minimum atomic E-state index is 0.0480. The Labute approximate surface area is 71.3 Å². The fraction of sp³-hybridized carbons (Fsp3) is 0.444. The van der Waals surface area contributed by atoms with Gasteiger partial charge in [-0.05, 0) is 19.1 Å². The highest BCUT2D eigenvalue weighted by Gasteiger charge is 2.04. The van der Waals surface area contributed by atoms with Gasteiger partial charge in [-0.1, -0.05) is 0 Å². The van der Waals surface area contributed by atoms with Crippen LogP contribution in [0.2, 0.25) is 0 Å². The van der Waals surface area contributed by atoms with E-state index in [1.807, 2.05) is 6.92 Å². The highest BCUT2D eigenvalue weighted by Crippen LogP contribution is 2.01. The van der Waals surface area contributed by atoms with Crippen LogP contribution in [0.4, 0.5) is 0 Å². The summed E-state index contributed by atoms with van der Waals surface area (Å²) in [5.41, 5.74) is 0. The lowest BCUT2D eigenvalue weighted by atomic mass is 10.2. The first-order valence-electron chi connectivity index (χ1n) is 3.94. The number of ketones is 1. The molecule has 1 aromatic rings. The normalized spacial score (nSPS) is 10.1. The van der Waals surface area contributed by atoms with Gasteiger partial charge in [0.1, 0.15) is 12.4 Å². The highest BCUT2D eigenvalue weighted by atomic mass is 16.5. The van der Waals surface area contributed by atoms with Crippen LogP contribution >= 0.6 is 0 Å². The average Bonchev–Trinajstić information content (AvgIpc) is 2.53. The summed E-state index contributed by atoms with van der Waals surface area (Å²) in [5.74, 6) is 0.742. The first-order chi connectivity index (χ1) is 5.83. The molecule has 0 aliphatic heterocycles. The number of carbonyl (C=O) groups is 1. The van der Waals surface area contributed by atoms with Crippen molar-refractivity contribution in [1.29, 1.82) is 0 Å². The number of ether oxygens (including phenoxy) is 1. The molecule has 0 spiro atoms. The van der Waals surface area contributed by atoms with Crippen molar-refractivity contribution in [3.8, 4) is 0 Å². The average molecular weight is 168 g/mol. The first-order valence-corrected chi connectivity index (χ1v) is 3.94. The van der Waals surface area contributed by atoms with Crippen LogP contribution in [0.15, 0.2) is 22.8 Å². The van der Waals surface area contributed by atoms with Gasteiger partial charge in [-0.15, -0.1) is 0 Å². The number of hydrogen-bond donors (Lipinski definition) is 0. The maximum Gasteiger partial charge on any atom is 0.165 e. The minimum Gasteiger partial charge on any atom is -0.469 e. The number of Topliss-reactive ketones (excluding diaryl/α,β-unsaturated/α-hetero) is 1. The topological polar surface area (TPSA) is 39.4 Å². The Morgan fingerprint density at radius 3 is 3.08 bits per heavy atom. The van der Waals surface area contributed by atoms with Crippen LogP contribution in [0.5, 0.6) is 0 Å². The molecule has 3 nitrogen and oxygen atoms in total. The van der Waals surface area contributed by atoms with Gasteiger partial charge >= 0.3 is 0 Å². The molecule has 0 saturated carbocycles. The summed E-state index contributed by atoms with van der Waals surface area (Å²) in [6, 6.07) is 3.55. The van der Waals surface area contributed by atoms with E-state index in [0.29, 0.717) is 18.8 Å². The van der Waals surface area contributed by atoms with Crippen LogP contribution in [0.25, 0.3) is 0 Å². The maximum absolute atomic E-state index is 11.1. The van der Waals surface area contributed by atoms with Crippen LogP contribution in [0, 0.1) is 0 Å². The molecule has 0 aliphatic carbocycles. The van der Waals surface area contributed by atoms with Crippen molar-refractivity contribution in [2.75, 3.05) is 13.2 Å². The molecule has 0 aliphatic rings. The van der Waals surface area contributed by atoms with Crippen molar-refractivity contribution in [3.05, 3.63) is 24.2 Å². The predicted molar refractivity (Wildman–Crippen MR) is 43.9 cm³/mol. The molecule has 3 heteroatoms. The lowest BCUT2D eigenvalue weighted by Crippen LogP contribution is -2.10. The monoisotopic (exact) mass is 168 g/mol. The van der Waals surface area contributed by atoms with Crippen LogP contribution in [0.3, 0.4) is 0 Å². The Kier molecular flexibility index (Phi) is 3.54. The van der Waals surface area contributed by atoms with E-state index >= 15 is 0 Å². The smallest absolute Gasteiger partial charge is 0.165 e. The fourth-order valence-electron chi connectivity index (χ4n) is 0.874. The van der Waals surface area contributed by atoms with Crippen molar-refractivity contribution in [1.82, 2.24) is 0 Å². The van der Waals surface area contributed by atoms with Crippen LogP contribution in [-0.4, -0.2) is 19.0 Å². The van der Waals surface area contributed by atoms with E-state index in [4.69, 9.17) is 9.15 Å². The number of rotatable bonds is 5. The molecule has 1 rings (SSSR count). The molecule has 1 aromatic heterocycles. The van der Waals surface area contributed by atoms with Gasteiger partial charge < -0.3 is 9.15 Å². The molecule has 0 atom stereocenters. The van der Waals surface area contributed by atoms with Gasteiger partial charge in [0.2, 0.25) is 0 Å². The third-order valence-corrected chi connectivity index (χ3v) is 1.42. The second kappa shape index (κ2) is 4.72. The third kappa shape index (κ3) is 2.88. The van der Waals surface area contributed by atoms with Gasteiger partial charge in [-0.2, -0.15) is 0 Å². The zero-order chi connectivity index (χ0) is 8.81. The molecule has 0 amide bonds. The molecule has 0 radical (unpaired) electrons. The Bertz CT molecular complexity index is 226. The molecule has 12 heavy (non-hydrogen) atoms. The lowest BCUT2D eigenvalue weighted by molar-refractivity contribution is -0.123. The quantitative estimate of drug-likeness (QED) is 0.667. The number of carbonyl (C=O) groups excluding carboxylic acids is 1. The zero-order valence-electron chi connectivity index (χ0n) is 7.08. The lowest BCUT2D eigenvalue weighted by Gasteiger charge is -1.97. The molecule has 0 bridgehead atoms. The predicted octanol–water partition coefficient (Wildman–Crippen LogP) is 1.43. The van der Waals surface area contributed by atoms with Crippen LogP contribution in [-0.2, 0) is 16.0 Å². The molecule has 0 fully saturated rings. The van der Waals surface area contributed by atoms with Gasteiger partial charge in [0.05, 0.1) is 12.7 Å². The highest BCUT2D eigenvalue weighted by molar-refractivity contribution is 5.81. The summed E-state index contributed by atoms with van der Waals surface area (Å²) in [6.07, 6.45) is 1.89. The fourth-order valence-corrected chi connectivity index (χ4v) is 0.874. The molecule has 0 N–H and O–H groups in total. The van der Waals surface area contributed by atoms with E-state index in [1.54, 1.807) is 18.4 Å². The molecule has 0 aromatic carbocycles. The molecule has 0 unspecified atom stereocenters. The van der Waals surface area contributed by atoms with Crippen molar-refractivity contribution in [2.24, 2.45) is 0 Å². The summed E-state index contributed by atoms with van der Waals surface area (Å²) in [5, 5.41) is 0. The van der Waals surface area contributed by atoms with E-state index in [0.717, 1.165) is 0 Å². The standard InChI is InChI=1S/C9H12O3/c1-2-11-7-8(10)6-9-4-3-5-12-9/h3-5H,2,6-7H2,1H3. The second-order valence-electron chi connectivity index (χ2n) is 2.43. The van der Waals surface area contributed by atoms with Gasteiger partial charge in [-0.25, -0.2) is 0 Å². The first kappa shape index (κ1) is 9.00. The van der Waals surface area contributed by atoms with Crippen molar-refractivity contribution in [2.45, 2.75) is 13.3 Å². The minimum absolute atomic E-state index is 0.0480. The van der Waals surface area contributed by atoms with E-state index in [2.05, 4.69) is 0 Å². The van der Waals surface area contributed by atoms with E-state index < -0.39 is 0 Å². The largest absolute Gasteiger partial charge is 0.469 e. The van der Waals surface area contributed by atoms with Gasteiger partial charge in [0.25, 0.3) is 0 Å². The van der Waals surface area contributed by atoms with Gasteiger partial charge in [-0.3, -0.25) is 4.79 Å². The van der Waals surface area contributed by atoms with Crippen molar-refractivity contribution in [3.63, 3.8) is 0 Å². The van der Waals surface area contributed by atoms with Gasteiger partial charge in [0, 0.05) is 6.61 Å². The van der Waals surface area contributed by atoms with Crippen LogP contribution < -0.4 is 0 Å². The molecule has 0 saturated heterocycles. The molecule has 66 valence electrons. The molecular weight excluding hydrogens is 156 g/mol. The van der Waals surface area contributed by atoms with E-state index in [9.17, 15) is 4.79 Å². The number of hydrogen-bond acceptors (Lipinski definition) is 3. The zero-order valence-corrected chi connectivity index (χ0v) is 7.08. The SMILES string of the molecule is CCOCC(=O)Cc1ccco1. The van der Waals surface area contributed by atoms with Crippen molar-refractivity contribution < 1.29 is 13.9 Å². The summed E-state index contributed by atoms with van der Waals surface area (Å²) < 4.78 is 9.96. The molecular formula is C9H12O3. The second-order valence-corrected chi connectivity index (χ2v) is 2.43. The Hall–Kier alpha value is -1.09. The summed E-state index contributed by atoms with van der Waals surface area (Å²) >= 11 is 0. The summed E-state index contributed by atoms with van der Waals surface area (Å²) in [7, 11) is 0. The Morgan fingerprint density at radius 2 is 2.50 bits per heavy atom. The maximum atomic E-state index is 11.1. The van der Waals surface area contributed by atoms with E-state index in [-0.39, 0.29) is 12.4 Å². The summed E-state index contributed by atoms with van der Waals surface area (Å²) in [6.45, 7) is 2.61. The Balaban J connectivity index is 2.27. The third-order valence-electron chi connectivity index (χ3n) is 1.42. The summed E-state index contributed by atoms with van der Waals surface area (Å²) in [4.78, 5) is 11.1. The number of furan rings is 1. The Morgan fingerprint density at radius 1 is 1.67 bits per heavy atom. The van der Waals surface area contributed by atoms with Crippen molar-refractivity contribution >= 4 is 5.78 Å². The van der Waals surface area contributed by atoms with Crippen LogP contribution in [0.1, 0.15) is 12.7 Å².